The Morgan fingerprint density at radius 2 is 1.94 bits per heavy atom. The summed E-state index contributed by atoms with van der Waals surface area (Å²) in [6, 6.07) is 7.37. The molecule has 2 aliphatic rings. The lowest BCUT2D eigenvalue weighted by molar-refractivity contribution is -0.117. The number of nitrogens with two attached hydrogens (primary N) is 1. The zero-order valence-electron chi connectivity index (χ0n) is 20.2. The molecule has 2 heterocycles. The van der Waals surface area contributed by atoms with Crippen LogP contribution in [0.4, 0.5) is 17.2 Å². The molecule has 11 heteroatoms. The molecular formula is C25H29N7O4. The van der Waals surface area contributed by atoms with Crippen LogP contribution in [-0.2, 0) is 9.53 Å². The number of nitrogens with zero attached hydrogens (tertiary/aromatic N) is 4. The fraction of sp³-hybridized carbons (Fsp3) is 0.400. The van der Waals surface area contributed by atoms with E-state index in [2.05, 4.69) is 25.9 Å². The maximum Gasteiger partial charge on any atom is 0.271 e. The number of aromatic nitrogens is 4. The molecule has 11 nitrogen and oxygen atoms in total. The number of benzene rings is 1. The largest absolute Gasteiger partial charge is 0.494 e. The van der Waals surface area contributed by atoms with Crippen molar-refractivity contribution in [2.45, 2.75) is 44.2 Å². The van der Waals surface area contributed by atoms with E-state index in [4.69, 9.17) is 15.2 Å². The highest BCUT2D eigenvalue weighted by Gasteiger charge is 2.31. The smallest absolute Gasteiger partial charge is 0.271 e. The molecule has 1 aromatic carbocycles. The maximum atomic E-state index is 12.2. The van der Waals surface area contributed by atoms with Gasteiger partial charge in [-0.25, -0.2) is 0 Å². The Balaban J connectivity index is 1.45. The van der Waals surface area contributed by atoms with Gasteiger partial charge in [0.2, 0.25) is 5.91 Å². The van der Waals surface area contributed by atoms with Crippen LogP contribution in [0.1, 0.15) is 48.6 Å². The van der Waals surface area contributed by atoms with Crippen molar-refractivity contribution in [3.05, 3.63) is 42.4 Å². The predicted octanol–water partition coefficient (Wildman–Crippen LogP) is 3.28. The number of primary amides is 1. The molecule has 2 fully saturated rings. The molecular weight excluding hydrogens is 462 g/mol. The first-order valence-corrected chi connectivity index (χ1v) is 12.0. The molecule has 2 amide bonds. The summed E-state index contributed by atoms with van der Waals surface area (Å²) in [4.78, 5) is 24.2. The number of ether oxygens (including phenoxy) is 2. The number of carbonyl (C=O) groups excluding carboxylic acids is 2. The van der Waals surface area contributed by atoms with Crippen molar-refractivity contribution in [2.24, 2.45) is 11.7 Å². The van der Waals surface area contributed by atoms with Crippen LogP contribution < -0.4 is 21.1 Å². The van der Waals surface area contributed by atoms with Gasteiger partial charge in [-0.15, -0.1) is 10.2 Å². The monoisotopic (exact) mass is 491 g/mol. The molecule has 188 valence electrons. The van der Waals surface area contributed by atoms with Gasteiger partial charge in [-0.05, 0) is 38.2 Å². The summed E-state index contributed by atoms with van der Waals surface area (Å²) < 4.78 is 13.4. The van der Waals surface area contributed by atoms with Gasteiger partial charge in [-0.3, -0.25) is 14.3 Å². The molecule has 0 spiro atoms. The fourth-order valence-electron chi connectivity index (χ4n) is 4.67. The highest BCUT2D eigenvalue weighted by atomic mass is 16.5. The first-order valence-electron chi connectivity index (χ1n) is 12.0. The van der Waals surface area contributed by atoms with Gasteiger partial charge in [0.1, 0.15) is 5.75 Å². The molecule has 36 heavy (non-hydrogen) atoms. The van der Waals surface area contributed by atoms with Crippen LogP contribution in [0.25, 0.3) is 11.1 Å². The van der Waals surface area contributed by atoms with Crippen molar-refractivity contribution in [1.82, 2.24) is 20.0 Å². The quantitative estimate of drug-likeness (QED) is 0.413. The van der Waals surface area contributed by atoms with E-state index < -0.39 is 5.91 Å². The van der Waals surface area contributed by atoms with Crippen LogP contribution in [0, 0.1) is 5.92 Å². The Kier molecular flexibility index (Phi) is 6.55. The van der Waals surface area contributed by atoms with Gasteiger partial charge in [-0.1, -0.05) is 12.1 Å². The van der Waals surface area contributed by atoms with Crippen LogP contribution in [0.2, 0.25) is 0 Å². The number of hydrogen-bond donors (Lipinski definition) is 3. The van der Waals surface area contributed by atoms with Crippen molar-refractivity contribution in [3.8, 4) is 16.9 Å². The maximum absolute atomic E-state index is 12.2. The van der Waals surface area contributed by atoms with Crippen molar-refractivity contribution in [2.75, 3.05) is 24.9 Å². The number of anilines is 3. The zero-order chi connectivity index (χ0) is 25.2. The van der Waals surface area contributed by atoms with Crippen molar-refractivity contribution >= 4 is 29.0 Å². The van der Waals surface area contributed by atoms with Crippen molar-refractivity contribution in [3.63, 3.8) is 0 Å². The van der Waals surface area contributed by atoms with Crippen LogP contribution in [-0.4, -0.2) is 52.1 Å². The minimum atomic E-state index is -0.745. The number of rotatable bonds is 9. The first kappa shape index (κ1) is 23.7. The van der Waals surface area contributed by atoms with Gasteiger partial charge in [0.25, 0.3) is 5.91 Å². The summed E-state index contributed by atoms with van der Waals surface area (Å²) in [6.07, 6.45) is 8.81. The number of para-hydroxylation sites is 1. The second kappa shape index (κ2) is 9.94. The Bertz CT molecular complexity index is 1290. The average Bonchev–Trinajstić information content (AvgIpc) is 3.42. The second-order valence-corrected chi connectivity index (χ2v) is 9.11. The fourth-order valence-corrected chi connectivity index (χ4v) is 4.67. The predicted molar refractivity (Wildman–Crippen MR) is 133 cm³/mol. The lowest BCUT2D eigenvalue weighted by Gasteiger charge is -2.18. The zero-order valence-corrected chi connectivity index (χ0v) is 20.2. The molecule has 0 aliphatic heterocycles. The lowest BCUT2D eigenvalue weighted by Crippen LogP contribution is -2.20. The van der Waals surface area contributed by atoms with Crippen LogP contribution in [0.3, 0.4) is 0 Å². The molecule has 2 saturated carbocycles. The standard InChI is InChI=1S/C25H29N7O4/c1-35-20-8-4-7-19(20)32-13-15(12-27-32)16-5-3-6-17(23(16)36-2)28-18-11-21(29-25(34)14-9-10-14)30-31-22(18)24(26)33/h3,5-6,11-14,19-20H,4,7-10H2,1-2H3,(H2,26,33)(H2,28,29,30,34)/t19-,20+/m0/s1. The molecule has 2 atom stereocenters. The van der Waals surface area contributed by atoms with Crippen LogP contribution in [0.15, 0.2) is 36.7 Å². The third kappa shape index (κ3) is 4.74. The minimum absolute atomic E-state index is 0.000110. The van der Waals surface area contributed by atoms with Crippen LogP contribution in [0.5, 0.6) is 5.75 Å². The topological polar surface area (TPSA) is 146 Å². The summed E-state index contributed by atoms with van der Waals surface area (Å²) in [6.45, 7) is 0. The lowest BCUT2D eigenvalue weighted by atomic mass is 10.1. The number of hydrogen-bond acceptors (Lipinski definition) is 8. The highest BCUT2D eigenvalue weighted by molar-refractivity contribution is 5.99. The molecule has 0 saturated heterocycles. The van der Waals surface area contributed by atoms with Crippen molar-refractivity contribution in [1.29, 1.82) is 0 Å². The summed E-state index contributed by atoms with van der Waals surface area (Å²) in [5.74, 6) is -0.0647. The SMILES string of the molecule is COc1c(Nc2cc(NC(=O)C3CC3)nnc2C(N)=O)cccc1-c1cnn([C@H]2CCC[C@H]2OC)c1. The molecule has 4 N–H and O–H groups in total. The van der Waals surface area contributed by atoms with Gasteiger partial charge < -0.3 is 25.8 Å². The Hall–Kier alpha value is -3.99. The second-order valence-electron chi connectivity index (χ2n) is 9.11. The van der Waals surface area contributed by atoms with E-state index >= 15 is 0 Å². The van der Waals surface area contributed by atoms with Crippen molar-refractivity contribution < 1.29 is 19.1 Å². The highest BCUT2D eigenvalue weighted by Crippen LogP contribution is 2.40. The summed E-state index contributed by atoms with van der Waals surface area (Å²) in [5.41, 5.74) is 8.09. The van der Waals surface area contributed by atoms with Gasteiger partial charge in [0, 0.05) is 36.4 Å². The van der Waals surface area contributed by atoms with E-state index in [0.717, 1.165) is 43.2 Å². The number of methoxy groups -OCH3 is 2. The Morgan fingerprint density at radius 1 is 1.11 bits per heavy atom. The third-order valence-corrected chi connectivity index (χ3v) is 6.69. The molecule has 0 unspecified atom stereocenters. The molecule has 5 rings (SSSR count). The molecule has 0 radical (unpaired) electrons. The number of carbonyl (C=O) groups is 2. The van der Waals surface area contributed by atoms with Gasteiger partial charge in [-0.2, -0.15) is 5.10 Å². The van der Waals surface area contributed by atoms with E-state index in [-0.39, 0.29) is 35.5 Å². The van der Waals surface area contributed by atoms with E-state index in [1.807, 2.05) is 29.1 Å². The molecule has 2 aromatic heterocycles. The molecule has 0 bridgehead atoms. The van der Waals surface area contributed by atoms with Gasteiger partial charge in [0.05, 0.1) is 36.8 Å². The molecule has 2 aliphatic carbocycles. The van der Waals surface area contributed by atoms with E-state index in [1.54, 1.807) is 26.5 Å². The average molecular weight is 492 g/mol. The Morgan fingerprint density at radius 3 is 2.67 bits per heavy atom. The minimum Gasteiger partial charge on any atom is -0.494 e. The van der Waals surface area contributed by atoms with E-state index in [9.17, 15) is 9.59 Å². The summed E-state index contributed by atoms with van der Waals surface area (Å²) in [7, 11) is 3.32. The van der Waals surface area contributed by atoms with E-state index in [1.165, 1.54) is 0 Å². The Labute approximate surface area is 208 Å². The van der Waals surface area contributed by atoms with Crippen LogP contribution >= 0.6 is 0 Å². The normalized spacial score (nSPS) is 19.2. The third-order valence-electron chi connectivity index (χ3n) is 6.69. The van der Waals surface area contributed by atoms with E-state index in [0.29, 0.717) is 17.1 Å². The van der Waals surface area contributed by atoms with Gasteiger partial charge in [0.15, 0.2) is 11.5 Å². The summed E-state index contributed by atoms with van der Waals surface area (Å²) >= 11 is 0. The van der Waals surface area contributed by atoms with Gasteiger partial charge >= 0.3 is 0 Å². The number of amides is 2. The molecule has 3 aromatic rings. The summed E-state index contributed by atoms with van der Waals surface area (Å²) in [5, 5.41) is 18.4. The number of nitrogens with one attached hydrogen (secondary N) is 2. The first-order chi connectivity index (χ1) is 17.5.